The first-order chi connectivity index (χ1) is 15.8. The van der Waals surface area contributed by atoms with E-state index in [4.69, 9.17) is 0 Å². The number of hydrogen-bond acceptors (Lipinski definition) is 4. The molecule has 4 amide bonds. The molecule has 2 aromatic rings. The average molecular weight is 450 g/mol. The zero-order chi connectivity index (χ0) is 24.0. The van der Waals surface area contributed by atoms with E-state index in [1.165, 1.54) is 4.90 Å². The Hall–Kier alpha value is -3.48. The summed E-state index contributed by atoms with van der Waals surface area (Å²) >= 11 is 0. The summed E-state index contributed by atoms with van der Waals surface area (Å²) in [7, 11) is 0. The van der Waals surface area contributed by atoms with E-state index >= 15 is 0 Å². The van der Waals surface area contributed by atoms with Crippen LogP contribution >= 0.6 is 0 Å². The van der Waals surface area contributed by atoms with Crippen molar-refractivity contribution in [3.05, 3.63) is 71.3 Å². The predicted octanol–water partition coefficient (Wildman–Crippen LogP) is 3.39. The van der Waals surface area contributed by atoms with Crippen molar-refractivity contribution < 1.29 is 19.2 Å². The lowest BCUT2D eigenvalue weighted by atomic mass is 10.1. The van der Waals surface area contributed by atoms with E-state index in [2.05, 4.69) is 5.32 Å². The van der Waals surface area contributed by atoms with Gasteiger partial charge in [-0.3, -0.25) is 24.1 Å². The quantitative estimate of drug-likeness (QED) is 0.563. The molecular formula is C26H31N3O4. The van der Waals surface area contributed by atoms with E-state index in [0.717, 1.165) is 12.0 Å². The monoisotopic (exact) mass is 449 g/mol. The second-order valence-corrected chi connectivity index (χ2v) is 8.41. The molecule has 174 valence electrons. The molecule has 0 fully saturated rings. The number of nitrogens with zero attached hydrogens (tertiary/aromatic N) is 2. The first-order valence-electron chi connectivity index (χ1n) is 11.4. The van der Waals surface area contributed by atoms with Crippen molar-refractivity contribution in [2.24, 2.45) is 0 Å². The molecule has 0 aliphatic carbocycles. The minimum atomic E-state index is -0.647. The number of carbonyl (C=O) groups excluding carboxylic acids is 4. The molecule has 0 saturated heterocycles. The van der Waals surface area contributed by atoms with Gasteiger partial charge in [0.15, 0.2) is 0 Å². The van der Waals surface area contributed by atoms with E-state index in [1.54, 1.807) is 36.1 Å². The lowest BCUT2D eigenvalue weighted by Crippen LogP contribution is -2.49. The third-order valence-corrected chi connectivity index (χ3v) is 6.01. The van der Waals surface area contributed by atoms with Gasteiger partial charge in [-0.15, -0.1) is 0 Å². The smallest absolute Gasteiger partial charge is 0.261 e. The Labute approximate surface area is 194 Å². The maximum atomic E-state index is 13.2. The van der Waals surface area contributed by atoms with Crippen molar-refractivity contribution in [3.8, 4) is 0 Å². The first kappa shape index (κ1) is 24.2. The zero-order valence-electron chi connectivity index (χ0n) is 19.4. The molecule has 1 N–H and O–H groups in total. The Morgan fingerprint density at radius 3 is 2.09 bits per heavy atom. The molecule has 1 aliphatic rings. The highest BCUT2D eigenvalue weighted by Gasteiger charge is 2.35. The van der Waals surface area contributed by atoms with Gasteiger partial charge in [-0.25, -0.2) is 0 Å². The molecule has 0 saturated carbocycles. The van der Waals surface area contributed by atoms with Crippen LogP contribution in [0, 0.1) is 0 Å². The molecular weight excluding hydrogens is 418 g/mol. The van der Waals surface area contributed by atoms with E-state index in [1.807, 2.05) is 44.2 Å². The standard InChI is InChI=1S/C26H31N3O4/c1-4-18(2)27-24(31)19(3)29(17-20-11-6-5-7-12-20)23(30)15-10-16-28-25(32)21-13-8-9-14-22(21)26(28)33/h5-9,11-14,18-19H,4,10,15-17H2,1-3H3,(H,27,31)/t18-,19+/m0/s1. The summed E-state index contributed by atoms with van der Waals surface area (Å²) in [4.78, 5) is 53.7. The zero-order valence-corrected chi connectivity index (χ0v) is 19.4. The van der Waals surface area contributed by atoms with Crippen LogP contribution in [0.1, 0.15) is 66.3 Å². The number of rotatable bonds is 10. The van der Waals surface area contributed by atoms with Crippen LogP contribution in [0.4, 0.5) is 0 Å². The van der Waals surface area contributed by atoms with E-state index < -0.39 is 6.04 Å². The molecule has 0 aromatic heterocycles. The van der Waals surface area contributed by atoms with E-state index in [0.29, 0.717) is 24.1 Å². The highest BCUT2D eigenvalue weighted by molar-refractivity contribution is 6.21. The Morgan fingerprint density at radius 1 is 0.939 bits per heavy atom. The van der Waals surface area contributed by atoms with Gasteiger partial charge in [0.25, 0.3) is 11.8 Å². The van der Waals surface area contributed by atoms with Crippen LogP contribution in [0.15, 0.2) is 54.6 Å². The minimum absolute atomic E-state index is 0.0162. The lowest BCUT2D eigenvalue weighted by Gasteiger charge is -2.30. The van der Waals surface area contributed by atoms with Gasteiger partial charge in [0.05, 0.1) is 11.1 Å². The van der Waals surface area contributed by atoms with Crippen molar-refractivity contribution >= 4 is 23.6 Å². The van der Waals surface area contributed by atoms with Crippen LogP contribution in [0.25, 0.3) is 0 Å². The summed E-state index contributed by atoms with van der Waals surface area (Å²) < 4.78 is 0. The molecule has 3 rings (SSSR count). The van der Waals surface area contributed by atoms with Gasteiger partial charge in [0.1, 0.15) is 6.04 Å². The third-order valence-electron chi connectivity index (χ3n) is 6.01. The van der Waals surface area contributed by atoms with Crippen LogP contribution in [-0.4, -0.2) is 52.1 Å². The number of fused-ring (bicyclic) bond motifs is 1. The Bertz CT molecular complexity index is 986. The van der Waals surface area contributed by atoms with Crippen LogP contribution in [0.3, 0.4) is 0 Å². The summed E-state index contributed by atoms with van der Waals surface area (Å²) in [5, 5.41) is 2.94. The van der Waals surface area contributed by atoms with Crippen molar-refractivity contribution in [2.75, 3.05) is 6.54 Å². The van der Waals surface area contributed by atoms with E-state index in [-0.39, 0.29) is 42.6 Å². The molecule has 2 atom stereocenters. The van der Waals surface area contributed by atoms with Gasteiger partial charge in [-0.2, -0.15) is 0 Å². The molecule has 0 bridgehead atoms. The maximum absolute atomic E-state index is 13.2. The maximum Gasteiger partial charge on any atom is 0.261 e. The minimum Gasteiger partial charge on any atom is -0.352 e. The predicted molar refractivity (Wildman–Crippen MR) is 125 cm³/mol. The summed E-state index contributed by atoms with van der Waals surface area (Å²) in [5.41, 5.74) is 1.72. The number of nitrogens with one attached hydrogen (secondary N) is 1. The third kappa shape index (κ3) is 5.66. The SMILES string of the molecule is CC[C@H](C)NC(=O)[C@@H](C)N(Cc1ccccc1)C(=O)CCCN1C(=O)c2ccccc2C1=O. The molecule has 2 aromatic carbocycles. The van der Waals surface area contributed by atoms with E-state index in [9.17, 15) is 19.2 Å². The van der Waals surface area contributed by atoms with Crippen molar-refractivity contribution in [2.45, 2.75) is 58.7 Å². The highest BCUT2D eigenvalue weighted by atomic mass is 16.2. The number of imide groups is 1. The lowest BCUT2D eigenvalue weighted by molar-refractivity contribution is -0.141. The van der Waals surface area contributed by atoms with Crippen LogP contribution in [0.2, 0.25) is 0 Å². The van der Waals surface area contributed by atoms with Gasteiger partial charge in [0, 0.05) is 25.6 Å². The summed E-state index contributed by atoms with van der Waals surface area (Å²) in [6, 6.07) is 15.6. The van der Waals surface area contributed by atoms with Gasteiger partial charge < -0.3 is 10.2 Å². The van der Waals surface area contributed by atoms with Gasteiger partial charge >= 0.3 is 0 Å². The molecule has 7 nitrogen and oxygen atoms in total. The number of hydrogen-bond donors (Lipinski definition) is 1. The van der Waals surface area contributed by atoms with Gasteiger partial charge in [-0.05, 0) is 44.4 Å². The molecule has 33 heavy (non-hydrogen) atoms. The van der Waals surface area contributed by atoms with Gasteiger partial charge in [-0.1, -0.05) is 49.4 Å². The number of amides is 4. The Balaban J connectivity index is 1.65. The second-order valence-electron chi connectivity index (χ2n) is 8.41. The molecule has 1 aliphatic heterocycles. The second kappa shape index (κ2) is 10.9. The summed E-state index contributed by atoms with van der Waals surface area (Å²) in [6.07, 6.45) is 1.25. The fraction of sp³-hybridized carbons (Fsp3) is 0.385. The molecule has 1 heterocycles. The van der Waals surface area contributed by atoms with Crippen LogP contribution in [0.5, 0.6) is 0 Å². The summed E-state index contributed by atoms with van der Waals surface area (Å²) in [5.74, 6) is -1.05. The fourth-order valence-electron chi connectivity index (χ4n) is 3.80. The first-order valence-corrected chi connectivity index (χ1v) is 11.4. The fourth-order valence-corrected chi connectivity index (χ4v) is 3.80. The topological polar surface area (TPSA) is 86.8 Å². The van der Waals surface area contributed by atoms with Crippen molar-refractivity contribution in [1.82, 2.24) is 15.1 Å². The molecule has 0 unspecified atom stereocenters. The average Bonchev–Trinajstić information content (AvgIpc) is 3.07. The molecule has 7 heteroatoms. The molecule has 0 radical (unpaired) electrons. The number of benzene rings is 2. The summed E-state index contributed by atoms with van der Waals surface area (Å²) in [6.45, 7) is 6.10. The Morgan fingerprint density at radius 2 is 1.52 bits per heavy atom. The molecule has 0 spiro atoms. The highest BCUT2D eigenvalue weighted by Crippen LogP contribution is 2.23. The van der Waals surface area contributed by atoms with Crippen molar-refractivity contribution in [3.63, 3.8) is 0 Å². The van der Waals surface area contributed by atoms with Crippen molar-refractivity contribution in [1.29, 1.82) is 0 Å². The van der Waals surface area contributed by atoms with Crippen LogP contribution < -0.4 is 5.32 Å². The number of carbonyl (C=O) groups is 4. The normalized spacial score (nSPS) is 14.6. The van der Waals surface area contributed by atoms with Crippen LogP contribution in [-0.2, 0) is 16.1 Å². The Kier molecular flexibility index (Phi) is 7.98. The van der Waals surface area contributed by atoms with Gasteiger partial charge in [0.2, 0.25) is 11.8 Å². The largest absolute Gasteiger partial charge is 0.352 e.